The van der Waals surface area contributed by atoms with Crippen LogP contribution in [-0.2, 0) is 6.42 Å². The third-order valence-corrected chi connectivity index (χ3v) is 7.27. The van der Waals surface area contributed by atoms with Gasteiger partial charge in [0.1, 0.15) is 10.6 Å². The molecule has 0 aliphatic carbocycles. The quantitative estimate of drug-likeness (QED) is 0.376. The molecule has 1 atom stereocenters. The molecule has 2 aromatic heterocycles. The predicted octanol–water partition coefficient (Wildman–Crippen LogP) is 5.33. The topological polar surface area (TPSA) is 76.3 Å². The Morgan fingerprint density at radius 1 is 1.16 bits per heavy atom. The molecule has 4 aromatic rings. The summed E-state index contributed by atoms with van der Waals surface area (Å²) in [5, 5.41) is 10.4. The van der Waals surface area contributed by atoms with Gasteiger partial charge in [0, 0.05) is 9.92 Å². The van der Waals surface area contributed by atoms with Gasteiger partial charge in [0.25, 0.3) is 5.91 Å². The Balaban J connectivity index is 1.78. The highest BCUT2D eigenvalue weighted by Crippen LogP contribution is 2.42. The van der Waals surface area contributed by atoms with Crippen LogP contribution in [0.25, 0.3) is 11.0 Å². The Labute approximate surface area is 190 Å². The summed E-state index contributed by atoms with van der Waals surface area (Å²) in [4.78, 5) is 29.6. The zero-order valence-corrected chi connectivity index (χ0v) is 19.0. The van der Waals surface area contributed by atoms with Crippen LogP contribution < -0.4 is 10.3 Å². The van der Waals surface area contributed by atoms with E-state index in [1.807, 2.05) is 37.4 Å². The lowest BCUT2D eigenvalue weighted by Gasteiger charge is -2.22. The average Bonchev–Trinajstić information content (AvgIpc) is 3.37. The number of hydrogen-bond donors (Lipinski definition) is 0. The zero-order chi connectivity index (χ0) is 21.7. The molecule has 6 nitrogen and oxygen atoms in total. The van der Waals surface area contributed by atoms with Crippen molar-refractivity contribution in [2.75, 3.05) is 11.2 Å². The number of rotatable bonds is 4. The van der Waals surface area contributed by atoms with Crippen LogP contribution in [0.3, 0.4) is 0 Å². The maximum absolute atomic E-state index is 13.5. The van der Waals surface area contributed by atoms with Crippen LogP contribution in [0.1, 0.15) is 39.7 Å². The molecule has 156 valence electrons. The molecular formula is C22H16ClN3O3S2. The summed E-state index contributed by atoms with van der Waals surface area (Å²) in [6.07, 6.45) is 2.70. The van der Waals surface area contributed by atoms with E-state index < -0.39 is 11.9 Å². The number of carbonyl (C=O) groups excluding carboxylic acids is 1. The van der Waals surface area contributed by atoms with Crippen molar-refractivity contribution in [3.8, 4) is 0 Å². The highest BCUT2D eigenvalue weighted by atomic mass is 35.5. The molecule has 5 rings (SSSR count). The molecule has 31 heavy (non-hydrogen) atoms. The van der Waals surface area contributed by atoms with Crippen molar-refractivity contribution in [1.29, 1.82) is 0 Å². The second-order valence-electron chi connectivity index (χ2n) is 7.00. The number of aryl methyl sites for hydroxylation is 1. The average molecular weight is 470 g/mol. The van der Waals surface area contributed by atoms with E-state index in [2.05, 4.69) is 10.2 Å². The molecule has 1 unspecified atom stereocenters. The molecule has 0 N–H and O–H groups in total. The Kier molecular flexibility index (Phi) is 5.08. The minimum Gasteiger partial charge on any atom is -0.450 e. The first-order chi connectivity index (χ1) is 15.0. The first-order valence-corrected chi connectivity index (χ1v) is 12.0. The molecule has 0 spiro atoms. The van der Waals surface area contributed by atoms with Gasteiger partial charge in [-0.15, -0.1) is 22.0 Å². The minimum atomic E-state index is -0.657. The SMILES string of the molecule is CCc1nnc(N2C(=O)c3oc4ccc(Cl)cc4c(=O)c3C2c2ccc(SC)cc2)s1. The number of halogens is 1. The van der Waals surface area contributed by atoms with Gasteiger partial charge in [-0.2, -0.15) is 0 Å². The maximum Gasteiger partial charge on any atom is 0.297 e. The van der Waals surface area contributed by atoms with E-state index in [4.69, 9.17) is 16.0 Å². The Morgan fingerprint density at radius 3 is 2.61 bits per heavy atom. The van der Waals surface area contributed by atoms with E-state index in [9.17, 15) is 9.59 Å². The van der Waals surface area contributed by atoms with E-state index in [1.165, 1.54) is 16.2 Å². The fraction of sp³-hybridized carbons (Fsp3) is 0.182. The number of thioether (sulfide) groups is 1. The highest BCUT2D eigenvalue weighted by molar-refractivity contribution is 7.98. The highest BCUT2D eigenvalue weighted by Gasteiger charge is 2.45. The van der Waals surface area contributed by atoms with Gasteiger partial charge in [0.15, 0.2) is 5.43 Å². The van der Waals surface area contributed by atoms with Gasteiger partial charge < -0.3 is 4.42 Å². The number of carbonyl (C=O) groups is 1. The fourth-order valence-corrected chi connectivity index (χ4v) is 5.11. The molecule has 2 aromatic carbocycles. The lowest BCUT2D eigenvalue weighted by molar-refractivity contribution is 0.0970. The molecular weight excluding hydrogens is 454 g/mol. The smallest absolute Gasteiger partial charge is 0.297 e. The summed E-state index contributed by atoms with van der Waals surface area (Å²) in [5.41, 5.74) is 1.15. The molecule has 0 saturated heterocycles. The molecule has 0 fully saturated rings. The summed E-state index contributed by atoms with van der Waals surface area (Å²) in [5.74, 6) is -0.367. The molecule has 1 aliphatic rings. The summed E-state index contributed by atoms with van der Waals surface area (Å²) in [7, 11) is 0. The van der Waals surface area contributed by atoms with Gasteiger partial charge in [0.2, 0.25) is 10.9 Å². The number of aromatic nitrogens is 2. The summed E-state index contributed by atoms with van der Waals surface area (Å²) >= 11 is 9.08. The van der Waals surface area contributed by atoms with Gasteiger partial charge in [-0.1, -0.05) is 42.0 Å². The van der Waals surface area contributed by atoms with Gasteiger partial charge in [-0.25, -0.2) is 0 Å². The Morgan fingerprint density at radius 2 is 1.94 bits per heavy atom. The van der Waals surface area contributed by atoms with Crippen LogP contribution in [-0.4, -0.2) is 22.4 Å². The summed E-state index contributed by atoms with van der Waals surface area (Å²) in [6, 6.07) is 11.9. The van der Waals surface area contributed by atoms with E-state index in [1.54, 1.807) is 30.0 Å². The van der Waals surface area contributed by atoms with Crippen LogP contribution in [0, 0.1) is 0 Å². The number of fused-ring (bicyclic) bond motifs is 2. The van der Waals surface area contributed by atoms with E-state index in [-0.39, 0.29) is 11.2 Å². The van der Waals surface area contributed by atoms with Crippen molar-refractivity contribution in [2.24, 2.45) is 0 Å². The van der Waals surface area contributed by atoms with Crippen molar-refractivity contribution >= 4 is 56.7 Å². The van der Waals surface area contributed by atoms with Crippen LogP contribution >= 0.6 is 34.7 Å². The van der Waals surface area contributed by atoms with E-state index in [0.717, 1.165) is 15.5 Å². The second kappa shape index (κ2) is 7.78. The van der Waals surface area contributed by atoms with Gasteiger partial charge in [-0.3, -0.25) is 14.5 Å². The van der Waals surface area contributed by atoms with Gasteiger partial charge in [0.05, 0.1) is 17.0 Å². The standard InChI is InChI=1S/C22H16ClN3O3S2/c1-3-16-24-25-22(31-16)26-18(11-4-7-13(30-2)8-5-11)17-19(27)14-10-12(23)6-9-15(14)29-20(17)21(26)28/h4-10,18H,3H2,1-2H3. The lowest BCUT2D eigenvalue weighted by Crippen LogP contribution is -2.29. The second-order valence-corrected chi connectivity index (χ2v) is 9.35. The molecule has 1 aliphatic heterocycles. The molecule has 9 heteroatoms. The first kappa shape index (κ1) is 20.2. The van der Waals surface area contributed by atoms with Crippen LogP contribution in [0.5, 0.6) is 0 Å². The van der Waals surface area contributed by atoms with Crippen LogP contribution in [0.15, 0.2) is 56.6 Å². The van der Waals surface area contributed by atoms with Crippen molar-refractivity contribution in [3.05, 3.63) is 79.6 Å². The number of nitrogens with zero attached hydrogens (tertiary/aromatic N) is 3. The zero-order valence-electron chi connectivity index (χ0n) is 16.6. The molecule has 0 bridgehead atoms. The van der Waals surface area contributed by atoms with Crippen molar-refractivity contribution in [2.45, 2.75) is 24.3 Å². The molecule has 3 heterocycles. The number of amides is 1. The monoisotopic (exact) mass is 469 g/mol. The van der Waals surface area contributed by atoms with Crippen LogP contribution in [0.4, 0.5) is 5.13 Å². The third-order valence-electron chi connectivity index (χ3n) is 5.23. The Hall–Kier alpha value is -2.68. The van der Waals surface area contributed by atoms with Crippen molar-refractivity contribution in [3.63, 3.8) is 0 Å². The summed E-state index contributed by atoms with van der Waals surface area (Å²) in [6.45, 7) is 1.98. The van der Waals surface area contributed by atoms with Gasteiger partial charge >= 0.3 is 0 Å². The normalized spacial score (nSPS) is 15.6. The first-order valence-electron chi connectivity index (χ1n) is 9.58. The number of hydrogen-bond acceptors (Lipinski definition) is 7. The number of benzene rings is 2. The maximum atomic E-state index is 13.5. The van der Waals surface area contributed by atoms with Gasteiger partial charge in [-0.05, 0) is 48.6 Å². The molecule has 0 radical (unpaired) electrons. The lowest BCUT2D eigenvalue weighted by atomic mass is 9.99. The number of anilines is 1. The fourth-order valence-electron chi connectivity index (χ4n) is 3.73. The van der Waals surface area contributed by atoms with Crippen molar-refractivity contribution in [1.82, 2.24) is 10.2 Å². The van der Waals surface area contributed by atoms with Crippen molar-refractivity contribution < 1.29 is 9.21 Å². The van der Waals surface area contributed by atoms with Crippen LogP contribution in [0.2, 0.25) is 5.02 Å². The largest absolute Gasteiger partial charge is 0.450 e. The third kappa shape index (κ3) is 3.26. The molecule has 1 amide bonds. The summed E-state index contributed by atoms with van der Waals surface area (Å²) < 4.78 is 5.94. The Bertz CT molecular complexity index is 1380. The van der Waals surface area contributed by atoms with E-state index in [0.29, 0.717) is 33.1 Å². The molecule has 0 saturated carbocycles. The minimum absolute atomic E-state index is 0.0343. The predicted molar refractivity (Wildman–Crippen MR) is 124 cm³/mol. The van der Waals surface area contributed by atoms with E-state index >= 15 is 0 Å².